The van der Waals surface area contributed by atoms with Crippen molar-refractivity contribution in [3.05, 3.63) is 63.1 Å². The lowest BCUT2D eigenvalue weighted by Crippen LogP contribution is -2.48. The van der Waals surface area contributed by atoms with Crippen molar-refractivity contribution in [2.75, 3.05) is 12.3 Å². The molecule has 0 fully saturated rings. The van der Waals surface area contributed by atoms with Gasteiger partial charge in [0.15, 0.2) is 0 Å². The quantitative estimate of drug-likeness (QED) is 0.388. The van der Waals surface area contributed by atoms with E-state index in [4.69, 9.17) is 34.8 Å². The van der Waals surface area contributed by atoms with Crippen LogP contribution in [0.3, 0.4) is 0 Å². The zero-order chi connectivity index (χ0) is 23.0. The summed E-state index contributed by atoms with van der Waals surface area (Å²) in [4.78, 5) is 28.4. The molecule has 0 spiro atoms. The fraction of sp³-hybridized carbons (Fsp3) is 0.391. The number of thioether (sulfide) groups is 1. The van der Waals surface area contributed by atoms with Crippen LogP contribution in [0, 0.1) is 5.92 Å². The Morgan fingerprint density at radius 2 is 1.61 bits per heavy atom. The van der Waals surface area contributed by atoms with Gasteiger partial charge in [0.05, 0.1) is 0 Å². The highest BCUT2D eigenvalue weighted by Crippen LogP contribution is 2.27. The summed E-state index contributed by atoms with van der Waals surface area (Å²) in [6.45, 7) is 6.48. The molecule has 8 heteroatoms. The van der Waals surface area contributed by atoms with Gasteiger partial charge in [-0.3, -0.25) is 9.59 Å². The van der Waals surface area contributed by atoms with Gasteiger partial charge < -0.3 is 10.2 Å². The summed E-state index contributed by atoms with van der Waals surface area (Å²) in [6, 6.07) is 12.0. The molecule has 0 aromatic heterocycles. The SMILES string of the molecule is CC(C)CNC(=O)[C@H](C)N(Cc1c(Cl)cccc1Cl)C(=O)CCSc1ccc(Cl)cc1. The Labute approximate surface area is 203 Å². The number of carbonyl (C=O) groups is 2. The average molecular weight is 502 g/mol. The van der Waals surface area contributed by atoms with Crippen molar-refractivity contribution < 1.29 is 9.59 Å². The van der Waals surface area contributed by atoms with Crippen LogP contribution in [-0.4, -0.2) is 35.1 Å². The molecule has 0 bridgehead atoms. The second kappa shape index (κ2) is 12.6. The van der Waals surface area contributed by atoms with Crippen LogP contribution in [0.2, 0.25) is 15.1 Å². The largest absolute Gasteiger partial charge is 0.354 e. The number of hydrogen-bond donors (Lipinski definition) is 1. The van der Waals surface area contributed by atoms with E-state index >= 15 is 0 Å². The smallest absolute Gasteiger partial charge is 0.242 e. The maximum absolute atomic E-state index is 13.1. The Bertz CT molecular complexity index is 871. The third kappa shape index (κ3) is 8.23. The van der Waals surface area contributed by atoms with Crippen LogP contribution in [0.5, 0.6) is 0 Å². The fourth-order valence-corrected chi connectivity index (χ4v) is 4.30. The van der Waals surface area contributed by atoms with Crippen LogP contribution >= 0.6 is 46.6 Å². The topological polar surface area (TPSA) is 49.4 Å². The molecule has 0 aliphatic rings. The van der Waals surface area contributed by atoms with E-state index in [9.17, 15) is 9.59 Å². The van der Waals surface area contributed by atoms with E-state index in [-0.39, 0.29) is 24.8 Å². The first-order valence-electron chi connectivity index (χ1n) is 10.1. The Balaban J connectivity index is 2.12. The second-order valence-electron chi connectivity index (χ2n) is 7.59. The minimum atomic E-state index is -0.654. The molecule has 0 unspecified atom stereocenters. The second-order valence-corrected chi connectivity index (χ2v) is 10.0. The van der Waals surface area contributed by atoms with E-state index in [1.807, 2.05) is 38.1 Å². The summed E-state index contributed by atoms with van der Waals surface area (Å²) in [5.41, 5.74) is 0.632. The van der Waals surface area contributed by atoms with E-state index in [0.29, 0.717) is 38.8 Å². The molecule has 0 radical (unpaired) electrons. The van der Waals surface area contributed by atoms with Gasteiger partial charge in [-0.25, -0.2) is 0 Å². The van der Waals surface area contributed by atoms with Gasteiger partial charge in [-0.1, -0.05) is 54.7 Å². The molecule has 0 heterocycles. The van der Waals surface area contributed by atoms with Gasteiger partial charge in [0.2, 0.25) is 11.8 Å². The summed E-state index contributed by atoms with van der Waals surface area (Å²) >= 11 is 20.1. The van der Waals surface area contributed by atoms with Crippen molar-refractivity contribution in [2.24, 2.45) is 5.92 Å². The molecule has 0 saturated carbocycles. The summed E-state index contributed by atoms with van der Waals surface area (Å²) < 4.78 is 0. The van der Waals surface area contributed by atoms with Gasteiger partial charge in [-0.05, 0) is 49.2 Å². The molecule has 0 aliphatic carbocycles. The lowest BCUT2D eigenvalue weighted by atomic mass is 10.1. The predicted molar refractivity (Wildman–Crippen MR) is 131 cm³/mol. The van der Waals surface area contributed by atoms with Crippen molar-refractivity contribution in [2.45, 2.75) is 44.7 Å². The third-order valence-corrected chi connectivity index (χ3v) is 6.61. The molecule has 2 aromatic rings. The van der Waals surface area contributed by atoms with Crippen LogP contribution < -0.4 is 5.32 Å². The minimum absolute atomic E-state index is 0.135. The average Bonchev–Trinajstić information content (AvgIpc) is 2.72. The van der Waals surface area contributed by atoms with Crippen molar-refractivity contribution in [3.63, 3.8) is 0 Å². The number of amides is 2. The van der Waals surface area contributed by atoms with Gasteiger partial charge in [0.25, 0.3) is 0 Å². The number of carbonyl (C=O) groups excluding carboxylic acids is 2. The monoisotopic (exact) mass is 500 g/mol. The van der Waals surface area contributed by atoms with E-state index < -0.39 is 6.04 Å². The third-order valence-electron chi connectivity index (χ3n) is 4.64. The Hall–Kier alpha value is -1.40. The zero-order valence-electron chi connectivity index (χ0n) is 17.8. The molecule has 4 nitrogen and oxygen atoms in total. The van der Waals surface area contributed by atoms with Gasteiger partial charge in [0, 0.05) is 50.8 Å². The van der Waals surface area contributed by atoms with Crippen molar-refractivity contribution in [3.8, 4) is 0 Å². The molecular formula is C23H27Cl3N2O2S. The molecule has 31 heavy (non-hydrogen) atoms. The number of nitrogens with one attached hydrogen (secondary N) is 1. The Kier molecular flexibility index (Phi) is 10.5. The molecule has 1 atom stereocenters. The summed E-state index contributed by atoms with van der Waals surface area (Å²) in [6.07, 6.45) is 0.275. The number of rotatable bonds is 10. The molecule has 2 aromatic carbocycles. The number of halogens is 3. The van der Waals surface area contributed by atoms with Crippen LogP contribution in [0.4, 0.5) is 0 Å². The van der Waals surface area contributed by atoms with E-state index in [2.05, 4.69) is 5.32 Å². The van der Waals surface area contributed by atoms with E-state index in [1.165, 1.54) is 0 Å². The highest BCUT2D eigenvalue weighted by Gasteiger charge is 2.27. The van der Waals surface area contributed by atoms with Crippen LogP contribution in [0.25, 0.3) is 0 Å². The first-order chi connectivity index (χ1) is 14.7. The maximum Gasteiger partial charge on any atom is 0.242 e. The van der Waals surface area contributed by atoms with E-state index in [0.717, 1.165) is 4.90 Å². The lowest BCUT2D eigenvalue weighted by Gasteiger charge is -2.29. The van der Waals surface area contributed by atoms with Crippen LogP contribution in [0.15, 0.2) is 47.4 Å². The highest BCUT2D eigenvalue weighted by molar-refractivity contribution is 7.99. The van der Waals surface area contributed by atoms with Gasteiger partial charge in [-0.2, -0.15) is 0 Å². The zero-order valence-corrected chi connectivity index (χ0v) is 20.9. The number of benzene rings is 2. The summed E-state index contributed by atoms with van der Waals surface area (Å²) in [5.74, 6) is 0.558. The molecular weight excluding hydrogens is 475 g/mol. The van der Waals surface area contributed by atoms with E-state index in [1.54, 1.807) is 41.8 Å². The van der Waals surface area contributed by atoms with Gasteiger partial charge in [-0.15, -0.1) is 11.8 Å². The molecule has 2 rings (SSSR count). The molecule has 0 saturated heterocycles. The van der Waals surface area contributed by atoms with Crippen molar-refractivity contribution in [1.82, 2.24) is 10.2 Å². The van der Waals surface area contributed by atoms with Gasteiger partial charge in [0.1, 0.15) is 6.04 Å². The number of hydrogen-bond acceptors (Lipinski definition) is 3. The van der Waals surface area contributed by atoms with Crippen molar-refractivity contribution >= 4 is 58.4 Å². The molecule has 2 amide bonds. The summed E-state index contributed by atoms with van der Waals surface area (Å²) in [5, 5.41) is 4.51. The first-order valence-corrected chi connectivity index (χ1v) is 12.2. The highest BCUT2D eigenvalue weighted by atomic mass is 35.5. The predicted octanol–water partition coefficient (Wildman–Crippen LogP) is 6.32. The Morgan fingerprint density at radius 3 is 2.19 bits per heavy atom. The van der Waals surface area contributed by atoms with Crippen LogP contribution in [-0.2, 0) is 16.1 Å². The molecule has 168 valence electrons. The Morgan fingerprint density at radius 1 is 1.00 bits per heavy atom. The number of nitrogens with zero attached hydrogens (tertiary/aromatic N) is 1. The maximum atomic E-state index is 13.1. The minimum Gasteiger partial charge on any atom is -0.354 e. The normalized spacial score (nSPS) is 12.0. The summed E-state index contributed by atoms with van der Waals surface area (Å²) in [7, 11) is 0. The first kappa shape index (κ1) is 25.9. The standard InChI is InChI=1S/C23H27Cl3N2O2S/c1-15(2)13-27-23(30)16(3)28(14-19-20(25)5-4-6-21(19)26)22(29)11-12-31-18-9-7-17(24)8-10-18/h4-10,15-16H,11-14H2,1-3H3,(H,27,30)/t16-/m0/s1. The fourth-order valence-electron chi connectivity index (χ4n) is 2.82. The van der Waals surface area contributed by atoms with Crippen molar-refractivity contribution in [1.29, 1.82) is 0 Å². The van der Waals surface area contributed by atoms with Gasteiger partial charge >= 0.3 is 0 Å². The molecule has 1 N–H and O–H groups in total. The molecule has 0 aliphatic heterocycles. The van der Waals surface area contributed by atoms with Crippen LogP contribution in [0.1, 0.15) is 32.8 Å². The lowest BCUT2D eigenvalue weighted by molar-refractivity contribution is -0.140.